The molecule has 1 atom stereocenters. The molecule has 2 nitrogen and oxygen atoms in total. The summed E-state index contributed by atoms with van der Waals surface area (Å²) in [4.78, 5) is 0. The number of hydrogen-bond acceptors (Lipinski definition) is 2. The predicted octanol–water partition coefficient (Wildman–Crippen LogP) is 4.86. The number of nitrogens with one attached hydrogen (secondary N) is 1. The molecule has 0 radical (unpaired) electrons. The Morgan fingerprint density at radius 2 is 1.68 bits per heavy atom. The maximum atomic E-state index is 5.19. The fourth-order valence-corrected chi connectivity index (χ4v) is 2.36. The Balaban J connectivity index is 2.12. The van der Waals surface area contributed by atoms with E-state index in [-0.39, 0.29) is 0 Å². The number of methoxy groups -OCH3 is 1. The summed E-state index contributed by atoms with van der Waals surface area (Å²) in [5.74, 6) is 0.896. The summed E-state index contributed by atoms with van der Waals surface area (Å²) in [5, 5.41) is 3.57. The summed E-state index contributed by atoms with van der Waals surface area (Å²) in [7, 11) is 1.69. The maximum Gasteiger partial charge on any atom is 0.118 e. The minimum absolute atomic E-state index is 0.325. The third-order valence-corrected chi connectivity index (χ3v) is 3.83. The summed E-state index contributed by atoms with van der Waals surface area (Å²) in [6.07, 6.45) is 1.04. The predicted molar refractivity (Wildman–Crippen MR) is 88.8 cm³/mol. The van der Waals surface area contributed by atoms with Crippen LogP contribution in [0.15, 0.2) is 48.5 Å². The molecule has 0 bridgehead atoms. The molecule has 0 fully saturated rings. The van der Waals surface area contributed by atoms with Gasteiger partial charge in [-0.15, -0.1) is 0 Å². The number of halogens is 1. The highest BCUT2D eigenvalue weighted by molar-refractivity contribution is 14.1. The SMILES string of the molecule is CCC(Nc1ccc(I)cc1)c1ccc(OC)cc1. The van der Waals surface area contributed by atoms with Gasteiger partial charge in [-0.1, -0.05) is 19.1 Å². The number of ether oxygens (including phenoxy) is 1. The molecule has 0 aliphatic rings. The zero-order valence-electron chi connectivity index (χ0n) is 11.2. The second-order valence-corrected chi connectivity index (χ2v) is 5.63. The zero-order chi connectivity index (χ0) is 13.7. The standard InChI is InChI=1S/C16H18INO/c1-3-16(12-4-10-15(19-2)11-5-12)18-14-8-6-13(17)7-9-14/h4-11,16,18H,3H2,1-2H3. The number of rotatable bonds is 5. The van der Waals surface area contributed by atoms with Crippen LogP contribution >= 0.6 is 22.6 Å². The van der Waals surface area contributed by atoms with Crippen molar-refractivity contribution in [3.8, 4) is 5.75 Å². The lowest BCUT2D eigenvalue weighted by Crippen LogP contribution is -2.09. The monoisotopic (exact) mass is 367 g/mol. The summed E-state index contributed by atoms with van der Waals surface area (Å²) in [6.45, 7) is 2.19. The van der Waals surface area contributed by atoms with Gasteiger partial charge >= 0.3 is 0 Å². The van der Waals surface area contributed by atoms with Gasteiger partial charge in [0.15, 0.2) is 0 Å². The molecule has 0 aliphatic heterocycles. The van der Waals surface area contributed by atoms with Crippen molar-refractivity contribution < 1.29 is 4.74 Å². The molecule has 2 aromatic rings. The van der Waals surface area contributed by atoms with E-state index in [0.29, 0.717) is 6.04 Å². The van der Waals surface area contributed by atoms with Crippen LogP contribution in [0, 0.1) is 3.57 Å². The van der Waals surface area contributed by atoms with Crippen LogP contribution in [-0.4, -0.2) is 7.11 Å². The second-order valence-electron chi connectivity index (χ2n) is 4.39. The maximum absolute atomic E-state index is 5.19. The molecule has 0 heterocycles. The normalized spacial score (nSPS) is 11.9. The van der Waals surface area contributed by atoms with Crippen molar-refractivity contribution in [3.05, 3.63) is 57.7 Å². The molecule has 2 aromatic carbocycles. The Bertz CT molecular complexity index is 507. The van der Waals surface area contributed by atoms with E-state index in [4.69, 9.17) is 4.74 Å². The molecular weight excluding hydrogens is 349 g/mol. The van der Waals surface area contributed by atoms with Crippen LogP contribution in [-0.2, 0) is 0 Å². The topological polar surface area (TPSA) is 21.3 Å². The highest BCUT2D eigenvalue weighted by Crippen LogP contribution is 2.24. The minimum Gasteiger partial charge on any atom is -0.497 e. The van der Waals surface area contributed by atoms with E-state index in [1.807, 2.05) is 12.1 Å². The average Bonchev–Trinajstić information content (AvgIpc) is 2.47. The first-order valence-corrected chi connectivity index (χ1v) is 7.47. The van der Waals surface area contributed by atoms with Gasteiger partial charge in [-0.2, -0.15) is 0 Å². The van der Waals surface area contributed by atoms with Gasteiger partial charge in [-0.25, -0.2) is 0 Å². The zero-order valence-corrected chi connectivity index (χ0v) is 13.3. The van der Waals surface area contributed by atoms with Gasteiger partial charge in [0, 0.05) is 9.26 Å². The van der Waals surface area contributed by atoms with E-state index in [9.17, 15) is 0 Å². The van der Waals surface area contributed by atoms with E-state index in [1.165, 1.54) is 9.13 Å². The van der Waals surface area contributed by atoms with Gasteiger partial charge in [0.2, 0.25) is 0 Å². The third kappa shape index (κ3) is 3.86. The lowest BCUT2D eigenvalue weighted by Gasteiger charge is -2.19. The number of hydrogen-bond donors (Lipinski definition) is 1. The fourth-order valence-electron chi connectivity index (χ4n) is 2.00. The average molecular weight is 367 g/mol. The van der Waals surface area contributed by atoms with Crippen molar-refractivity contribution in [2.75, 3.05) is 12.4 Å². The molecule has 0 spiro atoms. The fraction of sp³-hybridized carbons (Fsp3) is 0.250. The minimum atomic E-state index is 0.325. The molecule has 0 aliphatic carbocycles. The first-order valence-electron chi connectivity index (χ1n) is 6.39. The van der Waals surface area contributed by atoms with Gasteiger partial charge < -0.3 is 10.1 Å². The first kappa shape index (κ1) is 14.2. The molecule has 100 valence electrons. The van der Waals surface area contributed by atoms with Gasteiger partial charge in [-0.3, -0.25) is 0 Å². The molecule has 1 unspecified atom stereocenters. The van der Waals surface area contributed by atoms with Gasteiger partial charge in [0.25, 0.3) is 0 Å². The van der Waals surface area contributed by atoms with Crippen LogP contribution in [0.3, 0.4) is 0 Å². The Kier molecular flexibility index (Phi) is 5.07. The molecule has 3 heteroatoms. The number of benzene rings is 2. The lowest BCUT2D eigenvalue weighted by atomic mass is 10.0. The molecule has 0 amide bonds. The van der Waals surface area contributed by atoms with E-state index in [1.54, 1.807) is 7.11 Å². The first-order chi connectivity index (χ1) is 9.22. The van der Waals surface area contributed by atoms with Crippen molar-refractivity contribution >= 4 is 28.3 Å². The summed E-state index contributed by atoms with van der Waals surface area (Å²) >= 11 is 2.32. The van der Waals surface area contributed by atoms with E-state index in [2.05, 4.69) is 71.2 Å². The highest BCUT2D eigenvalue weighted by Gasteiger charge is 2.09. The summed E-state index contributed by atoms with van der Waals surface area (Å²) in [5.41, 5.74) is 2.44. The van der Waals surface area contributed by atoms with Crippen molar-refractivity contribution in [2.24, 2.45) is 0 Å². The molecule has 0 saturated carbocycles. The Labute approximate surface area is 128 Å². The molecular formula is C16H18INO. The van der Waals surface area contributed by atoms with Crippen LogP contribution in [0.1, 0.15) is 24.9 Å². The third-order valence-electron chi connectivity index (χ3n) is 3.11. The van der Waals surface area contributed by atoms with Crippen LogP contribution in [0.25, 0.3) is 0 Å². The molecule has 1 N–H and O–H groups in total. The molecule has 0 saturated heterocycles. The summed E-state index contributed by atoms with van der Waals surface area (Å²) < 4.78 is 6.44. The van der Waals surface area contributed by atoms with Crippen LogP contribution in [0.4, 0.5) is 5.69 Å². The second kappa shape index (κ2) is 6.80. The molecule has 0 aromatic heterocycles. The van der Waals surface area contributed by atoms with Crippen molar-refractivity contribution in [2.45, 2.75) is 19.4 Å². The van der Waals surface area contributed by atoms with E-state index in [0.717, 1.165) is 17.9 Å². The van der Waals surface area contributed by atoms with Gasteiger partial charge in [0.05, 0.1) is 13.2 Å². The quantitative estimate of drug-likeness (QED) is 0.762. The number of anilines is 1. The van der Waals surface area contributed by atoms with Crippen molar-refractivity contribution in [1.29, 1.82) is 0 Å². The van der Waals surface area contributed by atoms with E-state index < -0.39 is 0 Å². The Morgan fingerprint density at radius 1 is 1.05 bits per heavy atom. The largest absolute Gasteiger partial charge is 0.497 e. The van der Waals surface area contributed by atoms with Crippen LogP contribution in [0.5, 0.6) is 5.75 Å². The Morgan fingerprint density at radius 3 is 2.21 bits per heavy atom. The van der Waals surface area contributed by atoms with E-state index >= 15 is 0 Å². The molecule has 19 heavy (non-hydrogen) atoms. The Hall–Kier alpha value is -1.23. The smallest absolute Gasteiger partial charge is 0.118 e. The van der Waals surface area contributed by atoms with Crippen molar-refractivity contribution in [1.82, 2.24) is 0 Å². The summed E-state index contributed by atoms with van der Waals surface area (Å²) in [6, 6.07) is 17.0. The van der Waals surface area contributed by atoms with Crippen LogP contribution < -0.4 is 10.1 Å². The highest BCUT2D eigenvalue weighted by atomic mass is 127. The van der Waals surface area contributed by atoms with Crippen molar-refractivity contribution in [3.63, 3.8) is 0 Å². The molecule has 2 rings (SSSR count). The van der Waals surface area contributed by atoms with Gasteiger partial charge in [-0.05, 0) is 71.0 Å². The van der Waals surface area contributed by atoms with Gasteiger partial charge in [0.1, 0.15) is 5.75 Å². The lowest BCUT2D eigenvalue weighted by molar-refractivity contribution is 0.414. The van der Waals surface area contributed by atoms with Crippen LogP contribution in [0.2, 0.25) is 0 Å².